The van der Waals surface area contributed by atoms with E-state index in [1.54, 1.807) is 48.9 Å². The van der Waals surface area contributed by atoms with Crippen molar-refractivity contribution in [2.24, 2.45) is 0 Å². The molecule has 188 valence electrons. The van der Waals surface area contributed by atoms with Crippen LogP contribution in [0.1, 0.15) is 13.3 Å². The third kappa shape index (κ3) is 6.38. The lowest BCUT2D eigenvalue weighted by Gasteiger charge is -2.15. The highest BCUT2D eigenvalue weighted by Gasteiger charge is 2.32. The molecule has 3 aromatic rings. The van der Waals surface area contributed by atoms with E-state index in [4.69, 9.17) is 4.74 Å². The normalized spacial score (nSPS) is 14.9. The zero-order valence-corrected chi connectivity index (χ0v) is 19.7. The van der Waals surface area contributed by atoms with Crippen LogP contribution in [0.2, 0.25) is 0 Å². The van der Waals surface area contributed by atoms with Crippen LogP contribution in [0.5, 0.6) is 0 Å². The second-order valence-corrected chi connectivity index (χ2v) is 8.33. The van der Waals surface area contributed by atoms with Gasteiger partial charge in [-0.3, -0.25) is 9.69 Å². The number of aromatic nitrogens is 2. The Bertz CT molecular complexity index is 1220. The molecular formula is C25H27FN6O4. The van der Waals surface area contributed by atoms with Crippen LogP contribution >= 0.6 is 0 Å². The first-order valence-electron chi connectivity index (χ1n) is 11.5. The van der Waals surface area contributed by atoms with E-state index in [0.717, 1.165) is 13.0 Å². The number of carbonyl (C=O) groups is 3. The van der Waals surface area contributed by atoms with Gasteiger partial charge < -0.3 is 25.3 Å². The summed E-state index contributed by atoms with van der Waals surface area (Å²) in [5.74, 6) is -0.717. The number of nitrogens with one attached hydrogen (secondary N) is 3. The summed E-state index contributed by atoms with van der Waals surface area (Å²) < 4.78 is 22.1. The summed E-state index contributed by atoms with van der Waals surface area (Å²) >= 11 is 0. The van der Waals surface area contributed by atoms with E-state index in [-0.39, 0.29) is 25.0 Å². The number of aryl methyl sites for hydroxylation is 1. The van der Waals surface area contributed by atoms with Crippen molar-refractivity contribution in [3.63, 3.8) is 0 Å². The molecule has 1 aromatic heterocycles. The van der Waals surface area contributed by atoms with Gasteiger partial charge in [0.2, 0.25) is 5.91 Å². The molecule has 1 unspecified atom stereocenters. The second-order valence-electron chi connectivity index (χ2n) is 8.33. The van der Waals surface area contributed by atoms with Gasteiger partial charge in [0.15, 0.2) is 0 Å². The lowest BCUT2D eigenvalue weighted by molar-refractivity contribution is -0.119. The van der Waals surface area contributed by atoms with Crippen molar-refractivity contribution in [3.8, 4) is 11.1 Å². The molecule has 0 spiro atoms. The summed E-state index contributed by atoms with van der Waals surface area (Å²) in [6.07, 6.45) is 4.97. The predicted molar refractivity (Wildman–Crippen MR) is 132 cm³/mol. The van der Waals surface area contributed by atoms with Gasteiger partial charge in [0.25, 0.3) is 0 Å². The van der Waals surface area contributed by atoms with Crippen LogP contribution in [0.3, 0.4) is 0 Å². The van der Waals surface area contributed by atoms with Crippen molar-refractivity contribution >= 4 is 29.4 Å². The molecule has 4 rings (SSSR count). The fraction of sp³-hybridized carbons (Fsp3) is 0.280. The van der Waals surface area contributed by atoms with Crippen LogP contribution in [0.4, 0.5) is 25.4 Å². The average molecular weight is 495 g/mol. The van der Waals surface area contributed by atoms with E-state index in [1.165, 1.54) is 17.9 Å². The zero-order chi connectivity index (χ0) is 25.5. The van der Waals surface area contributed by atoms with Crippen molar-refractivity contribution in [2.75, 3.05) is 29.9 Å². The molecule has 36 heavy (non-hydrogen) atoms. The average Bonchev–Trinajstić information content (AvgIpc) is 3.50. The van der Waals surface area contributed by atoms with Gasteiger partial charge >= 0.3 is 12.1 Å². The summed E-state index contributed by atoms with van der Waals surface area (Å²) in [4.78, 5) is 40.7. The fourth-order valence-corrected chi connectivity index (χ4v) is 3.79. The molecule has 10 nitrogen and oxygen atoms in total. The minimum atomic E-state index is -0.590. The number of benzene rings is 2. The summed E-state index contributed by atoms with van der Waals surface area (Å²) in [5.41, 5.74) is 1.93. The maximum atomic E-state index is 14.9. The minimum absolute atomic E-state index is 0.196. The highest BCUT2D eigenvalue weighted by Crippen LogP contribution is 2.29. The Morgan fingerprint density at radius 3 is 2.67 bits per heavy atom. The first-order valence-corrected chi connectivity index (χ1v) is 11.5. The summed E-state index contributed by atoms with van der Waals surface area (Å²) in [7, 11) is 0. The maximum absolute atomic E-state index is 14.9. The van der Waals surface area contributed by atoms with Crippen LogP contribution in [0.25, 0.3) is 11.1 Å². The van der Waals surface area contributed by atoms with E-state index in [1.807, 2.05) is 10.8 Å². The molecule has 0 radical (unpaired) electrons. The summed E-state index contributed by atoms with van der Waals surface area (Å²) in [5, 5.41) is 8.16. The van der Waals surface area contributed by atoms with Gasteiger partial charge in [0.05, 0.1) is 25.1 Å². The lowest BCUT2D eigenvalue weighted by Crippen LogP contribution is -2.33. The van der Waals surface area contributed by atoms with Crippen LogP contribution in [-0.4, -0.2) is 53.3 Å². The molecule has 2 aromatic carbocycles. The first kappa shape index (κ1) is 24.7. The molecular weight excluding hydrogens is 467 g/mol. The minimum Gasteiger partial charge on any atom is -0.442 e. The number of hydrogen-bond donors (Lipinski definition) is 3. The Morgan fingerprint density at radius 1 is 1.17 bits per heavy atom. The van der Waals surface area contributed by atoms with E-state index in [0.29, 0.717) is 29.0 Å². The monoisotopic (exact) mass is 494 g/mol. The fourth-order valence-electron chi connectivity index (χ4n) is 3.79. The number of carbonyl (C=O) groups excluding carboxylic acids is 3. The molecule has 4 amide bonds. The number of halogens is 1. The van der Waals surface area contributed by atoms with Crippen molar-refractivity contribution in [2.45, 2.75) is 26.0 Å². The van der Waals surface area contributed by atoms with Gasteiger partial charge in [-0.1, -0.05) is 12.1 Å². The van der Waals surface area contributed by atoms with E-state index >= 15 is 0 Å². The molecule has 1 aliphatic rings. The molecule has 0 aliphatic carbocycles. The van der Waals surface area contributed by atoms with Gasteiger partial charge in [-0.15, -0.1) is 0 Å². The topological polar surface area (TPSA) is 118 Å². The number of anilines is 2. The molecule has 2 heterocycles. The molecule has 1 aliphatic heterocycles. The van der Waals surface area contributed by atoms with Gasteiger partial charge in [-0.25, -0.2) is 19.0 Å². The SMILES string of the molecule is CC(=O)NCC1CN(c2ccc(-c3ccc(NC(=O)NCCCn4ccnc4)cc3)c(F)c2)C(=O)O1. The Labute approximate surface area is 207 Å². The second kappa shape index (κ2) is 11.3. The largest absolute Gasteiger partial charge is 0.442 e. The van der Waals surface area contributed by atoms with Crippen LogP contribution in [0.15, 0.2) is 61.2 Å². The number of imidazole rings is 1. The van der Waals surface area contributed by atoms with E-state index < -0.39 is 18.0 Å². The molecule has 1 atom stereocenters. The lowest BCUT2D eigenvalue weighted by atomic mass is 10.0. The third-order valence-corrected chi connectivity index (χ3v) is 5.61. The Hall–Kier alpha value is -4.41. The molecule has 11 heteroatoms. The van der Waals surface area contributed by atoms with Crippen molar-refractivity contribution < 1.29 is 23.5 Å². The van der Waals surface area contributed by atoms with Crippen molar-refractivity contribution in [1.29, 1.82) is 0 Å². The van der Waals surface area contributed by atoms with Crippen molar-refractivity contribution in [1.82, 2.24) is 20.2 Å². The molecule has 1 saturated heterocycles. The quantitative estimate of drug-likeness (QED) is 0.395. The number of nitrogens with zero attached hydrogens (tertiary/aromatic N) is 3. The van der Waals surface area contributed by atoms with Crippen LogP contribution < -0.4 is 20.9 Å². The zero-order valence-electron chi connectivity index (χ0n) is 19.7. The van der Waals surface area contributed by atoms with Crippen LogP contribution in [-0.2, 0) is 16.1 Å². The number of rotatable bonds is 9. The Balaban J connectivity index is 1.30. The number of hydrogen-bond acceptors (Lipinski definition) is 5. The number of amides is 4. The van der Waals surface area contributed by atoms with Crippen molar-refractivity contribution in [3.05, 3.63) is 67.0 Å². The maximum Gasteiger partial charge on any atom is 0.414 e. The molecule has 3 N–H and O–H groups in total. The van der Waals surface area contributed by atoms with Crippen LogP contribution in [0, 0.1) is 5.82 Å². The summed E-state index contributed by atoms with van der Waals surface area (Å²) in [6, 6.07) is 11.0. The highest BCUT2D eigenvalue weighted by molar-refractivity contribution is 5.91. The standard InChI is InChI=1S/C25H27FN6O4/c1-17(33)29-14-21-15-32(25(35)36-21)20-7-8-22(23(26)13-20)18-3-5-19(6-4-18)30-24(34)28-9-2-11-31-12-10-27-16-31/h3-8,10,12-13,16,21H,2,9,11,14-15H2,1H3,(H,29,33)(H2,28,30,34). The smallest absolute Gasteiger partial charge is 0.414 e. The first-order chi connectivity index (χ1) is 17.4. The predicted octanol–water partition coefficient (Wildman–Crippen LogP) is 3.36. The molecule has 0 saturated carbocycles. The van der Waals surface area contributed by atoms with E-state index in [2.05, 4.69) is 20.9 Å². The summed E-state index contributed by atoms with van der Waals surface area (Å²) in [6.45, 7) is 3.06. The van der Waals surface area contributed by atoms with Gasteiger partial charge in [0.1, 0.15) is 11.9 Å². The molecule has 1 fully saturated rings. The Morgan fingerprint density at radius 2 is 1.97 bits per heavy atom. The molecule has 0 bridgehead atoms. The highest BCUT2D eigenvalue weighted by atomic mass is 19.1. The van der Waals surface area contributed by atoms with Gasteiger partial charge in [-0.05, 0) is 42.3 Å². The van der Waals surface area contributed by atoms with E-state index in [9.17, 15) is 18.8 Å². The number of ether oxygens (including phenoxy) is 1. The number of urea groups is 1. The Kier molecular flexibility index (Phi) is 7.79. The third-order valence-electron chi connectivity index (χ3n) is 5.61. The van der Waals surface area contributed by atoms with Gasteiger partial charge in [-0.2, -0.15) is 0 Å². The van der Waals surface area contributed by atoms with Gasteiger partial charge in [0, 0.05) is 43.7 Å². The number of cyclic esters (lactones) is 1.